The lowest BCUT2D eigenvalue weighted by molar-refractivity contribution is 0.599. The molecule has 0 fully saturated rings. The third kappa shape index (κ3) is 12.0. The van der Waals surface area contributed by atoms with Gasteiger partial charge >= 0.3 is 0 Å². The van der Waals surface area contributed by atoms with E-state index in [9.17, 15) is 35.6 Å². The minimum atomic E-state index is -1.14. The van der Waals surface area contributed by atoms with Gasteiger partial charge in [0.15, 0.2) is 0 Å². The van der Waals surface area contributed by atoms with Gasteiger partial charge in [-0.05, 0) is 150 Å². The third-order valence-electron chi connectivity index (χ3n) is 20.8. The van der Waals surface area contributed by atoms with Crippen LogP contribution in [0.3, 0.4) is 0 Å². The molecule has 0 saturated heterocycles. The molecular weight excluding hydrogens is 1510 g/mol. The van der Waals surface area contributed by atoms with Crippen LogP contribution in [-0.4, -0.2) is 19.9 Å². The topological polar surface area (TPSA) is 77.8 Å². The average molecular weight is 1640 g/mol. The predicted octanol–water partition coefficient (Wildman–Crippen LogP) is 32.3. The van der Waals surface area contributed by atoms with Crippen LogP contribution < -0.4 is 0 Å². The minimum Gasteiger partial charge on any atom is -0.455 e. The van der Waals surface area contributed by atoms with Crippen LogP contribution in [0.15, 0.2) is 444 Å². The highest BCUT2D eigenvalue weighted by Crippen LogP contribution is 2.56. The summed E-state index contributed by atoms with van der Waals surface area (Å²) in [6.07, 6.45) is -1.38. The Labute approximate surface area is 798 Å². The Kier molecular flexibility index (Phi) is 8.06. The Morgan fingerprint density at radius 1 is 0.185 bits per heavy atom. The van der Waals surface area contributed by atoms with E-state index in [0.29, 0.717) is 0 Å². The monoisotopic (exact) mass is 1640 g/mol. The van der Waals surface area contributed by atoms with Crippen LogP contribution in [0, 0.1) is 0 Å². The number of hydrogen-bond acceptors (Lipinski definition) is 6. The summed E-state index contributed by atoms with van der Waals surface area (Å²) < 4.78 is 563. The van der Waals surface area contributed by atoms with Crippen LogP contribution in [0.4, 0.5) is 0 Å². The quantitative estimate of drug-likeness (QED) is 0.120. The first-order valence-electron chi connectivity index (χ1n) is 67.3. The molecule has 0 saturated carbocycles. The Morgan fingerprint density at radius 2 is 0.460 bits per heavy atom. The van der Waals surface area contributed by atoms with Crippen molar-refractivity contribution in [3.63, 3.8) is 0 Å². The van der Waals surface area contributed by atoms with Crippen molar-refractivity contribution >= 4 is 130 Å². The van der Waals surface area contributed by atoms with Crippen molar-refractivity contribution in [2.24, 2.45) is 0 Å². The van der Waals surface area contributed by atoms with Crippen molar-refractivity contribution in [1.82, 2.24) is 19.9 Å². The smallest absolute Gasteiger partial charge is 0.143 e. The molecule has 0 spiro atoms. The highest BCUT2D eigenvalue weighted by atomic mass is 16.3. The number of furan rings is 2. The van der Waals surface area contributed by atoms with Gasteiger partial charge in [0.1, 0.15) is 23.0 Å². The Morgan fingerprint density at radius 3 is 0.863 bits per heavy atom. The molecule has 6 heteroatoms. The first kappa shape index (κ1) is 33.6. The molecule has 0 aliphatic rings. The third-order valence-corrected chi connectivity index (χ3v) is 20.8. The Hall–Kier alpha value is -16.5. The van der Waals surface area contributed by atoms with E-state index in [1.807, 2.05) is 0 Å². The summed E-state index contributed by atoms with van der Waals surface area (Å²) in [5, 5.41) is -9.55. The number of pyridine rings is 4. The maximum Gasteiger partial charge on any atom is 0.143 e. The molecule has 25 aromatic rings. The molecule has 0 bridgehead atoms. The molecule has 19 aromatic carbocycles. The van der Waals surface area contributed by atoms with Crippen LogP contribution in [0.5, 0.6) is 0 Å². The first-order chi connectivity index (χ1) is 86.5. The predicted molar refractivity (Wildman–Crippen MR) is 518 cm³/mol. The number of hydrogen-bond donors (Lipinski definition) is 0. The molecule has 6 heterocycles. The second-order valence-corrected chi connectivity index (χ2v) is 27.4. The van der Waals surface area contributed by atoms with Gasteiger partial charge in [-0.15, -0.1) is 0 Å². The maximum atomic E-state index is 10.4. The lowest BCUT2D eigenvalue weighted by Gasteiger charge is -2.16. The molecule has 0 unspecified atom stereocenters. The van der Waals surface area contributed by atoms with Crippen molar-refractivity contribution in [2.45, 2.75) is 0 Å². The minimum absolute atomic E-state index is 0.0197. The van der Waals surface area contributed by atoms with Crippen molar-refractivity contribution in [1.29, 1.82) is 0 Å². The van der Waals surface area contributed by atoms with Crippen molar-refractivity contribution < 1.29 is 91.1 Å². The van der Waals surface area contributed by atoms with Gasteiger partial charge in [0.2, 0.25) is 0 Å². The standard InChI is InChI=1S/C62H38N2O.C56H34N2O/c1-4-23-46-39(14-1)17-10-28-53(46)57-58(54-29-11-18-40-15-2-5-24-47(40)54)62(55-30-12-19-41-16-3-6-25-48(41)55)65-61(57)45-21-9-20-44(38-45)49-34-35-52(51-27-8-7-26-50(49)51)56-36-33-43-32-31-42-22-13-37-63-59(42)60(43)64-56;1-4-20-40-35(13-1)16-9-25-46(40)51-52(56(49-27-11-18-37-15-3-6-22-42(37)49)59-55(51)48-26-10-17-36-14-2-5-21-41(36)48)47-32-31-45(43-23-7-8-24-44(43)47)50-33-30-39-29-28-38-19-12-34-57-53(38)54(39)58-50/h1-38H;1-34H/i1D,2D,3D,4D,5D,6D,9D,10D,11D,12D,13D,14D,15D,16D,17D,18D,19D,20D,21D,22D,23D,24D,25D,28D,29D,30D,31D,32D,33D,36D,37D,38D;1D,2D,3D,4D,5D,6D,9D,10D,11D,12D,13D,14D,15D,16D,17D,18D,19D,20D,21D,22D,25D,26D,27D,28D,29D,30D,33D,34D. The molecule has 576 valence electrons. The van der Waals surface area contributed by atoms with Gasteiger partial charge in [0.05, 0.1) is 116 Å². The van der Waals surface area contributed by atoms with E-state index in [1.165, 1.54) is 72.8 Å². The van der Waals surface area contributed by atoms with E-state index >= 15 is 0 Å². The van der Waals surface area contributed by atoms with Crippen LogP contribution >= 0.6 is 0 Å². The summed E-state index contributed by atoms with van der Waals surface area (Å²) in [6, 6.07) is -34.8. The summed E-state index contributed by atoms with van der Waals surface area (Å²) in [5.41, 5.74) is -11.3. The zero-order valence-corrected chi connectivity index (χ0v) is 62.5. The molecule has 6 nitrogen and oxygen atoms in total. The molecule has 0 aliphatic heterocycles. The molecule has 25 rings (SSSR count). The number of aromatic nitrogens is 4. The molecule has 0 amide bonds. The van der Waals surface area contributed by atoms with Gasteiger partial charge in [0, 0.05) is 89.5 Å². The second-order valence-electron chi connectivity index (χ2n) is 27.4. The normalized spacial score (nSPS) is 18.5. The fourth-order valence-electron chi connectivity index (χ4n) is 15.4. The molecule has 0 aliphatic carbocycles. The molecular formula is C118H72N4O2. The van der Waals surface area contributed by atoms with Crippen molar-refractivity contribution in [3.8, 4) is 123 Å². The first-order valence-corrected chi connectivity index (χ1v) is 37.3. The SMILES string of the molecule is [2H]c1nc2c(c([2H])c1[2H])c([2H])c([2H])c1c([2H])c([2H])c(-c3ccc(-c4c(-c5c([2H])c([2H])c([2H])c6c([2H])c([2H])c([2H])c([2H])c56)oc(-c5c([2H])c([2H])c([2H])c6c([2H])c([2H])c([2H])c([2H])c56)c4-c4c([2H])c([2H])c([2H])c5c([2H])c([2H])c([2H])c([2H])c45)c4ccccc34)nc12.[2H]c1nc2c(c([2H])c1[2H])c([2H])c([2H])c1c([2H])c([2H])c(-c3ccc(-c4c([2H])c([2H])c([2H])c(-c5oc(-c6c([2H])c([2H])c([2H])c7c([2H])c([2H])c([2H])c([2H])c67)c(-c6c([2H])c([2H])c([2H])c7c([2H])c([2H])c([2H])c([2H])c67)c5-c5c([2H])c([2H])c([2H])c6c([2H])c([2H])c([2H])c([2H])c56)c4[2H])c4ccccc34)nc12. The molecule has 6 aromatic heterocycles. The largest absolute Gasteiger partial charge is 0.455 e. The summed E-state index contributed by atoms with van der Waals surface area (Å²) >= 11 is 0. The second kappa shape index (κ2) is 29.8. The van der Waals surface area contributed by atoms with Gasteiger partial charge < -0.3 is 8.83 Å². The van der Waals surface area contributed by atoms with Gasteiger partial charge in [-0.1, -0.05) is 393 Å². The fraction of sp³-hybridized carbons (Fsp3) is 0. The zero-order chi connectivity index (χ0) is 134. The van der Waals surface area contributed by atoms with E-state index in [-0.39, 0.29) is 98.8 Å². The number of rotatable bonds is 11. The van der Waals surface area contributed by atoms with Gasteiger partial charge in [-0.25, -0.2) is 9.97 Å². The van der Waals surface area contributed by atoms with Crippen molar-refractivity contribution in [2.75, 3.05) is 0 Å². The van der Waals surface area contributed by atoms with E-state index < -0.39 is 517 Å². The highest BCUT2D eigenvalue weighted by molar-refractivity contribution is 6.19. The lowest BCUT2D eigenvalue weighted by Crippen LogP contribution is -1.93. The van der Waals surface area contributed by atoms with E-state index in [0.717, 1.165) is 0 Å². The summed E-state index contributed by atoms with van der Waals surface area (Å²) in [7, 11) is 0. The van der Waals surface area contributed by atoms with Crippen molar-refractivity contribution in [3.05, 3.63) is 436 Å². The zero-order valence-electron chi connectivity index (χ0n) is 123. The average Bonchev–Trinajstić information content (AvgIpc) is 1.51. The molecule has 0 atom stereocenters. The molecule has 0 N–H and O–H groups in total. The van der Waals surface area contributed by atoms with E-state index in [1.54, 1.807) is 0 Å². The maximum absolute atomic E-state index is 10.4. The van der Waals surface area contributed by atoms with Crippen LogP contribution in [-0.2, 0) is 0 Å². The Bertz CT molecular complexity index is 12500. The summed E-state index contributed by atoms with van der Waals surface area (Å²) in [5.74, 6) is -3.68. The van der Waals surface area contributed by atoms with Crippen LogP contribution in [0.25, 0.3) is 253 Å². The van der Waals surface area contributed by atoms with Gasteiger partial charge in [0.25, 0.3) is 0 Å². The lowest BCUT2D eigenvalue weighted by atomic mass is 9.85. The number of benzene rings is 19. The van der Waals surface area contributed by atoms with Gasteiger partial charge in [-0.2, -0.15) is 0 Å². The van der Waals surface area contributed by atoms with E-state index in [2.05, 4.69) is 9.97 Å². The number of fused-ring (bicyclic) bond motifs is 14. The summed E-state index contributed by atoms with van der Waals surface area (Å²) in [6.45, 7) is 0. The van der Waals surface area contributed by atoms with Crippen LogP contribution in [0.1, 0.15) is 82.2 Å². The molecule has 124 heavy (non-hydrogen) atoms. The van der Waals surface area contributed by atoms with Gasteiger partial charge in [-0.3, -0.25) is 9.97 Å². The fourth-order valence-corrected chi connectivity index (χ4v) is 15.4. The van der Waals surface area contributed by atoms with E-state index in [4.69, 9.17) is 65.4 Å². The van der Waals surface area contributed by atoms with Crippen LogP contribution in [0.2, 0.25) is 0 Å². The Balaban J connectivity index is 0.000000187. The summed E-state index contributed by atoms with van der Waals surface area (Å²) in [4.78, 5) is 17.7. The molecule has 0 radical (unpaired) electrons. The number of nitrogens with zero attached hydrogens (tertiary/aromatic N) is 4. The highest BCUT2D eigenvalue weighted by Gasteiger charge is 2.32.